The number of rotatable bonds is 5. The Morgan fingerprint density at radius 1 is 1.19 bits per heavy atom. The van der Waals surface area contributed by atoms with Crippen molar-refractivity contribution in [3.8, 4) is 0 Å². The molecule has 2 rings (SSSR count). The Morgan fingerprint density at radius 3 is 2.38 bits per heavy atom. The van der Waals surface area contributed by atoms with Gasteiger partial charge in [-0.25, -0.2) is 22.3 Å². The molecule has 0 bridgehead atoms. The SMILES string of the molecule is CCOC(=O)N1CCN(C(=O)CNS(=O)(=O)c2ccc(F)cc2C)CC1. The van der Waals surface area contributed by atoms with Crippen molar-refractivity contribution in [3.63, 3.8) is 0 Å². The Hall–Kier alpha value is -2.20. The number of ether oxygens (including phenoxy) is 1. The predicted octanol–water partition coefficient (Wildman–Crippen LogP) is 0.713. The summed E-state index contributed by atoms with van der Waals surface area (Å²) in [5.41, 5.74) is 0.257. The van der Waals surface area contributed by atoms with Crippen LogP contribution in [0.15, 0.2) is 23.1 Å². The van der Waals surface area contributed by atoms with Crippen molar-refractivity contribution in [2.24, 2.45) is 0 Å². The summed E-state index contributed by atoms with van der Waals surface area (Å²) in [6.45, 7) is 4.33. The van der Waals surface area contributed by atoms with Gasteiger partial charge >= 0.3 is 6.09 Å². The van der Waals surface area contributed by atoms with E-state index in [1.807, 2.05) is 0 Å². The van der Waals surface area contributed by atoms with Crippen LogP contribution >= 0.6 is 0 Å². The molecule has 0 radical (unpaired) electrons. The first-order valence-corrected chi connectivity index (χ1v) is 9.68. The molecular weight excluding hydrogens is 365 g/mol. The molecule has 0 spiro atoms. The van der Waals surface area contributed by atoms with Gasteiger partial charge in [-0.1, -0.05) is 0 Å². The Morgan fingerprint density at radius 2 is 1.81 bits per heavy atom. The van der Waals surface area contributed by atoms with Crippen LogP contribution in [0.2, 0.25) is 0 Å². The van der Waals surface area contributed by atoms with Crippen molar-refractivity contribution in [2.45, 2.75) is 18.7 Å². The molecule has 0 aliphatic carbocycles. The van der Waals surface area contributed by atoms with Crippen LogP contribution in [0.25, 0.3) is 0 Å². The fraction of sp³-hybridized carbons (Fsp3) is 0.500. The van der Waals surface area contributed by atoms with E-state index < -0.39 is 34.4 Å². The number of amides is 2. The van der Waals surface area contributed by atoms with E-state index in [2.05, 4.69) is 4.72 Å². The number of nitrogens with zero attached hydrogens (tertiary/aromatic N) is 2. The van der Waals surface area contributed by atoms with Gasteiger partial charge in [0.05, 0.1) is 18.0 Å². The van der Waals surface area contributed by atoms with E-state index in [-0.39, 0.29) is 17.1 Å². The van der Waals surface area contributed by atoms with E-state index in [1.54, 1.807) is 6.92 Å². The molecule has 144 valence electrons. The molecule has 1 aromatic rings. The molecule has 1 aromatic carbocycles. The third kappa shape index (κ3) is 4.92. The zero-order valence-corrected chi connectivity index (χ0v) is 15.5. The summed E-state index contributed by atoms with van der Waals surface area (Å²) in [6.07, 6.45) is -0.424. The number of carbonyl (C=O) groups is 2. The average molecular weight is 387 g/mol. The molecule has 2 amide bonds. The summed E-state index contributed by atoms with van der Waals surface area (Å²) < 4.78 is 44.8. The number of nitrogens with one attached hydrogen (secondary N) is 1. The number of halogens is 1. The van der Waals surface area contributed by atoms with Gasteiger partial charge < -0.3 is 14.5 Å². The van der Waals surface area contributed by atoms with Crippen molar-refractivity contribution < 1.29 is 27.1 Å². The molecule has 8 nitrogen and oxygen atoms in total. The second-order valence-corrected chi connectivity index (χ2v) is 7.54. The molecule has 1 heterocycles. The molecular formula is C16H22FN3O5S. The molecule has 0 atom stereocenters. The van der Waals surface area contributed by atoms with Crippen molar-refractivity contribution in [1.29, 1.82) is 0 Å². The van der Waals surface area contributed by atoms with Crippen molar-refractivity contribution in [1.82, 2.24) is 14.5 Å². The number of aryl methyl sites for hydroxylation is 1. The summed E-state index contributed by atoms with van der Waals surface area (Å²) in [4.78, 5) is 26.8. The number of carbonyl (C=O) groups excluding carboxylic acids is 2. The van der Waals surface area contributed by atoms with Gasteiger partial charge in [0.2, 0.25) is 15.9 Å². The summed E-state index contributed by atoms with van der Waals surface area (Å²) >= 11 is 0. The normalized spacial score (nSPS) is 15.0. The van der Waals surface area contributed by atoms with Crippen LogP contribution in [0.3, 0.4) is 0 Å². The van der Waals surface area contributed by atoms with Crippen molar-refractivity contribution in [3.05, 3.63) is 29.6 Å². The number of benzene rings is 1. The largest absolute Gasteiger partial charge is 0.450 e. The highest BCUT2D eigenvalue weighted by Crippen LogP contribution is 2.15. The van der Waals surface area contributed by atoms with Crippen LogP contribution in [-0.4, -0.2) is 69.5 Å². The van der Waals surface area contributed by atoms with E-state index in [0.29, 0.717) is 26.2 Å². The van der Waals surface area contributed by atoms with E-state index in [1.165, 1.54) is 16.7 Å². The number of hydrogen-bond donors (Lipinski definition) is 1. The van der Waals surface area contributed by atoms with Gasteiger partial charge in [0, 0.05) is 26.2 Å². The fourth-order valence-corrected chi connectivity index (χ4v) is 3.81. The van der Waals surface area contributed by atoms with Gasteiger partial charge in [-0.2, -0.15) is 0 Å². The van der Waals surface area contributed by atoms with Crippen molar-refractivity contribution >= 4 is 22.0 Å². The minimum atomic E-state index is -3.92. The third-order valence-electron chi connectivity index (χ3n) is 4.00. The second-order valence-electron chi connectivity index (χ2n) is 5.80. The maximum atomic E-state index is 13.1. The zero-order valence-electron chi connectivity index (χ0n) is 14.7. The summed E-state index contributed by atoms with van der Waals surface area (Å²) in [5, 5.41) is 0. The minimum Gasteiger partial charge on any atom is -0.450 e. The summed E-state index contributed by atoms with van der Waals surface area (Å²) in [6, 6.07) is 3.33. The molecule has 1 saturated heterocycles. The molecule has 0 aromatic heterocycles. The molecule has 0 unspecified atom stereocenters. The quantitative estimate of drug-likeness (QED) is 0.803. The molecule has 1 fully saturated rings. The lowest BCUT2D eigenvalue weighted by Gasteiger charge is -2.34. The van der Waals surface area contributed by atoms with Crippen LogP contribution in [0, 0.1) is 12.7 Å². The summed E-state index contributed by atoms with van der Waals surface area (Å²) in [7, 11) is -3.92. The monoisotopic (exact) mass is 387 g/mol. The number of sulfonamides is 1. The number of hydrogen-bond acceptors (Lipinski definition) is 5. The van der Waals surface area contributed by atoms with Crippen LogP contribution in [0.4, 0.5) is 9.18 Å². The fourth-order valence-electron chi connectivity index (χ4n) is 2.61. The van der Waals surface area contributed by atoms with E-state index >= 15 is 0 Å². The Labute approximate surface area is 152 Å². The smallest absolute Gasteiger partial charge is 0.409 e. The highest BCUT2D eigenvalue weighted by Gasteiger charge is 2.26. The maximum absolute atomic E-state index is 13.1. The van der Waals surface area contributed by atoms with Gasteiger partial charge in [0.25, 0.3) is 0 Å². The molecule has 0 saturated carbocycles. The molecule has 10 heteroatoms. The lowest BCUT2D eigenvalue weighted by Crippen LogP contribution is -2.52. The van der Waals surface area contributed by atoms with Gasteiger partial charge in [-0.3, -0.25) is 4.79 Å². The maximum Gasteiger partial charge on any atom is 0.409 e. The van der Waals surface area contributed by atoms with E-state index in [9.17, 15) is 22.4 Å². The highest BCUT2D eigenvalue weighted by atomic mass is 32.2. The highest BCUT2D eigenvalue weighted by molar-refractivity contribution is 7.89. The standard InChI is InChI=1S/C16H22FN3O5S/c1-3-25-16(22)20-8-6-19(7-9-20)15(21)11-18-26(23,24)14-5-4-13(17)10-12(14)2/h4-5,10,18H,3,6-9,11H2,1-2H3. The summed E-state index contributed by atoms with van der Waals surface area (Å²) in [5.74, 6) is -0.922. The van der Waals surface area contributed by atoms with Crippen molar-refractivity contribution in [2.75, 3.05) is 39.3 Å². The second kappa shape index (κ2) is 8.45. The third-order valence-corrected chi connectivity index (χ3v) is 5.56. The molecule has 1 aliphatic heterocycles. The van der Waals surface area contributed by atoms with Crippen LogP contribution in [0.5, 0.6) is 0 Å². The van der Waals surface area contributed by atoms with Gasteiger partial charge in [0.15, 0.2) is 0 Å². The Balaban J connectivity index is 1.90. The zero-order chi connectivity index (χ0) is 19.3. The lowest BCUT2D eigenvalue weighted by molar-refractivity contribution is -0.131. The Bertz CT molecular complexity index is 776. The van der Waals surface area contributed by atoms with Crippen LogP contribution in [-0.2, 0) is 19.6 Å². The molecule has 1 N–H and O–H groups in total. The van der Waals surface area contributed by atoms with Gasteiger partial charge in [-0.15, -0.1) is 0 Å². The topological polar surface area (TPSA) is 96.0 Å². The van der Waals surface area contributed by atoms with E-state index in [4.69, 9.17) is 4.74 Å². The lowest BCUT2D eigenvalue weighted by atomic mass is 10.2. The van der Waals surface area contributed by atoms with Gasteiger partial charge in [0.1, 0.15) is 5.82 Å². The van der Waals surface area contributed by atoms with E-state index in [0.717, 1.165) is 18.2 Å². The number of piperazine rings is 1. The average Bonchev–Trinajstić information content (AvgIpc) is 2.59. The first kappa shape index (κ1) is 20.1. The van der Waals surface area contributed by atoms with Crippen LogP contribution in [0.1, 0.15) is 12.5 Å². The van der Waals surface area contributed by atoms with Gasteiger partial charge in [-0.05, 0) is 37.6 Å². The molecule has 1 aliphatic rings. The van der Waals surface area contributed by atoms with Crippen LogP contribution < -0.4 is 4.72 Å². The minimum absolute atomic E-state index is 0.0705. The first-order valence-electron chi connectivity index (χ1n) is 8.20. The first-order chi connectivity index (χ1) is 12.2. The predicted molar refractivity (Wildman–Crippen MR) is 91.5 cm³/mol. The Kier molecular flexibility index (Phi) is 6.54. The molecule has 26 heavy (non-hydrogen) atoms.